The van der Waals surface area contributed by atoms with Gasteiger partial charge in [-0.15, -0.1) is 0 Å². The zero-order chi connectivity index (χ0) is 21.2. The maximum atomic E-state index is 12.4. The number of carbonyl (C=O) groups excluding carboxylic acids is 1. The number of allylic oxidation sites excluding steroid dienone is 1. The lowest BCUT2D eigenvalue weighted by molar-refractivity contribution is -0.159. The number of ether oxygens (including phenoxy) is 1. The average Bonchev–Trinajstić information content (AvgIpc) is 2.96. The lowest BCUT2D eigenvalue weighted by Gasteiger charge is -2.44. The van der Waals surface area contributed by atoms with Crippen LogP contribution in [0, 0.1) is 23.2 Å². The molecule has 0 heterocycles. The lowest BCUT2D eigenvalue weighted by Crippen LogP contribution is -2.47. The van der Waals surface area contributed by atoms with Crippen LogP contribution in [0.2, 0.25) is 19.6 Å². The van der Waals surface area contributed by atoms with E-state index in [1.165, 1.54) is 39.2 Å². The van der Waals surface area contributed by atoms with Gasteiger partial charge < -0.3 is 9.16 Å². The molecule has 0 N–H and O–H groups in total. The van der Waals surface area contributed by atoms with Crippen molar-refractivity contribution in [2.24, 2.45) is 23.2 Å². The van der Waals surface area contributed by atoms with Gasteiger partial charge in [-0.1, -0.05) is 41.8 Å². The molecule has 2 fully saturated rings. The second-order valence-electron chi connectivity index (χ2n) is 10.6. The summed E-state index contributed by atoms with van der Waals surface area (Å²) in [5.74, 6) is 1.99. The van der Waals surface area contributed by atoms with Gasteiger partial charge in [0.05, 0.1) is 7.11 Å². The Balaban J connectivity index is 1.99. The van der Waals surface area contributed by atoms with E-state index < -0.39 is 13.9 Å². The van der Waals surface area contributed by atoms with Crippen molar-refractivity contribution >= 4 is 30.2 Å². The van der Waals surface area contributed by atoms with E-state index in [1.807, 2.05) is 6.92 Å². The molecule has 0 saturated heterocycles. The number of hydrogen-bond donors (Lipinski definition) is 0. The summed E-state index contributed by atoms with van der Waals surface area (Å²) in [6.45, 7) is 13.3. The molecule has 28 heavy (non-hydrogen) atoms. The molecule has 5 atom stereocenters. The highest BCUT2D eigenvalue weighted by Gasteiger charge is 2.50. The molecule has 2 aliphatic rings. The zero-order valence-corrected chi connectivity index (χ0v) is 21.7. The van der Waals surface area contributed by atoms with E-state index >= 15 is 0 Å². The molecular formula is C23H41BrO3Si. The summed E-state index contributed by atoms with van der Waals surface area (Å²) < 4.78 is 11.3. The van der Waals surface area contributed by atoms with Gasteiger partial charge in [0.2, 0.25) is 0 Å². The maximum Gasteiger partial charge on any atom is 0.336 e. The van der Waals surface area contributed by atoms with E-state index in [0.717, 1.165) is 31.1 Å². The molecule has 0 aliphatic heterocycles. The van der Waals surface area contributed by atoms with Gasteiger partial charge in [0, 0.05) is 0 Å². The summed E-state index contributed by atoms with van der Waals surface area (Å²) in [5.41, 5.74) is 1.26. The summed E-state index contributed by atoms with van der Waals surface area (Å²) >= 11 is 3.62. The molecule has 0 radical (unpaired) electrons. The average molecular weight is 474 g/mol. The van der Waals surface area contributed by atoms with Crippen molar-refractivity contribution in [2.75, 3.05) is 7.11 Å². The van der Waals surface area contributed by atoms with Crippen LogP contribution < -0.4 is 0 Å². The number of esters is 1. The van der Waals surface area contributed by atoms with E-state index in [0.29, 0.717) is 11.3 Å². The number of fused-ring (bicyclic) bond motifs is 1. The minimum absolute atomic E-state index is 0.227. The van der Waals surface area contributed by atoms with Gasteiger partial charge in [-0.05, 0) is 99.7 Å². The molecule has 162 valence electrons. The number of halogens is 1. The van der Waals surface area contributed by atoms with Crippen LogP contribution in [0.25, 0.3) is 0 Å². The molecule has 0 aromatic carbocycles. The van der Waals surface area contributed by atoms with E-state index in [9.17, 15) is 4.79 Å². The number of rotatable bonds is 8. The van der Waals surface area contributed by atoms with Crippen LogP contribution in [0.15, 0.2) is 10.6 Å². The van der Waals surface area contributed by atoms with Crippen LogP contribution in [0.5, 0.6) is 0 Å². The largest absolute Gasteiger partial charge is 0.467 e. The number of methoxy groups -OCH3 is 1. The highest BCUT2D eigenvalue weighted by molar-refractivity contribution is 9.11. The van der Waals surface area contributed by atoms with Crippen molar-refractivity contribution in [3.63, 3.8) is 0 Å². The van der Waals surface area contributed by atoms with Crippen LogP contribution >= 0.6 is 15.9 Å². The van der Waals surface area contributed by atoms with Crippen LogP contribution in [0.1, 0.15) is 72.1 Å². The van der Waals surface area contributed by atoms with Gasteiger partial charge in [-0.2, -0.15) is 0 Å². The summed E-state index contributed by atoms with van der Waals surface area (Å²) in [6.07, 6.45) is 9.52. The SMILES string of the molecule is COC(=O)[C@@](C)(CCC[C@@H](C)[C@H]1CCC2/C(=C/Br)CCC[C@@]21C)O[Si](C)(C)C. The third-order valence-corrected chi connectivity index (χ3v) is 8.98. The van der Waals surface area contributed by atoms with Crippen molar-refractivity contribution in [3.8, 4) is 0 Å². The minimum Gasteiger partial charge on any atom is -0.467 e. The molecule has 3 nitrogen and oxygen atoms in total. The van der Waals surface area contributed by atoms with Crippen LogP contribution in [0.3, 0.4) is 0 Å². The smallest absolute Gasteiger partial charge is 0.336 e. The van der Waals surface area contributed by atoms with Crippen LogP contribution in [0.4, 0.5) is 0 Å². The van der Waals surface area contributed by atoms with Crippen LogP contribution in [-0.4, -0.2) is 27.0 Å². The van der Waals surface area contributed by atoms with Crippen molar-refractivity contribution in [1.82, 2.24) is 0 Å². The standard InChI is InChI=1S/C23H41BrO3Si/c1-17(10-8-15-23(3,21(25)26-4)27-28(5,6)7)19-12-13-20-18(16-24)11-9-14-22(19,20)2/h16-17,19-20H,8-15H2,1-7H3/b18-16+/t17-,19-,20?,22-,23-/m1/s1. The second-order valence-corrected chi connectivity index (χ2v) is 15.5. The number of hydrogen-bond acceptors (Lipinski definition) is 3. The highest BCUT2D eigenvalue weighted by Crippen LogP contribution is 2.60. The van der Waals surface area contributed by atoms with Gasteiger partial charge in [0.15, 0.2) is 13.9 Å². The fourth-order valence-electron chi connectivity index (χ4n) is 6.19. The van der Waals surface area contributed by atoms with Gasteiger partial charge in [-0.25, -0.2) is 4.79 Å². The van der Waals surface area contributed by atoms with E-state index in [1.54, 1.807) is 5.57 Å². The monoisotopic (exact) mass is 472 g/mol. The van der Waals surface area contributed by atoms with Gasteiger partial charge in [-0.3, -0.25) is 0 Å². The fraction of sp³-hybridized carbons (Fsp3) is 0.870. The predicted octanol–water partition coefficient (Wildman–Crippen LogP) is 7.07. The Bertz CT molecular complexity index is 585. The summed E-state index contributed by atoms with van der Waals surface area (Å²) in [6, 6.07) is 0. The molecule has 2 saturated carbocycles. The topological polar surface area (TPSA) is 35.5 Å². The van der Waals surface area contributed by atoms with Crippen molar-refractivity contribution in [2.45, 2.75) is 97.4 Å². The van der Waals surface area contributed by atoms with Gasteiger partial charge in [0.1, 0.15) is 0 Å². The Morgan fingerprint density at radius 3 is 2.64 bits per heavy atom. The summed E-state index contributed by atoms with van der Waals surface area (Å²) in [5, 5.41) is 0. The first-order chi connectivity index (χ1) is 13.0. The Hall–Kier alpha value is -0.133. The third kappa shape index (κ3) is 5.31. The third-order valence-electron chi connectivity index (χ3n) is 7.33. The molecule has 5 heteroatoms. The zero-order valence-electron chi connectivity index (χ0n) is 19.1. The molecule has 0 aromatic heterocycles. The minimum atomic E-state index is -1.83. The first-order valence-electron chi connectivity index (χ1n) is 11.0. The molecule has 2 rings (SSSR count). The Morgan fingerprint density at radius 1 is 1.39 bits per heavy atom. The van der Waals surface area contributed by atoms with Gasteiger partial charge in [0.25, 0.3) is 0 Å². The summed E-state index contributed by atoms with van der Waals surface area (Å²) in [7, 11) is -0.367. The Morgan fingerprint density at radius 2 is 2.07 bits per heavy atom. The Kier molecular flexibility index (Phi) is 8.05. The van der Waals surface area contributed by atoms with Crippen LogP contribution in [-0.2, 0) is 14.0 Å². The molecule has 0 spiro atoms. The first kappa shape index (κ1) is 24.1. The van der Waals surface area contributed by atoms with E-state index in [2.05, 4.69) is 54.4 Å². The molecule has 0 bridgehead atoms. The van der Waals surface area contributed by atoms with Gasteiger partial charge >= 0.3 is 5.97 Å². The normalized spacial score (nSPS) is 32.6. The Labute approximate surface area is 182 Å². The second kappa shape index (κ2) is 9.34. The van der Waals surface area contributed by atoms with Crippen molar-refractivity contribution in [3.05, 3.63) is 10.6 Å². The molecule has 0 aromatic rings. The van der Waals surface area contributed by atoms with E-state index in [4.69, 9.17) is 9.16 Å². The number of carbonyl (C=O) groups is 1. The highest BCUT2D eigenvalue weighted by atomic mass is 79.9. The van der Waals surface area contributed by atoms with Crippen molar-refractivity contribution < 1.29 is 14.0 Å². The van der Waals surface area contributed by atoms with E-state index in [-0.39, 0.29) is 5.97 Å². The quantitative estimate of drug-likeness (QED) is 0.279. The lowest BCUT2D eigenvalue weighted by atomic mass is 9.61. The molecule has 0 amide bonds. The predicted molar refractivity (Wildman–Crippen MR) is 123 cm³/mol. The maximum absolute atomic E-state index is 12.4. The molecule has 1 unspecified atom stereocenters. The molecular weight excluding hydrogens is 432 g/mol. The first-order valence-corrected chi connectivity index (χ1v) is 15.4. The summed E-state index contributed by atoms with van der Waals surface area (Å²) in [4.78, 5) is 14.6. The fourth-order valence-corrected chi connectivity index (χ4v) is 8.28. The molecule has 2 aliphatic carbocycles. The van der Waals surface area contributed by atoms with Crippen molar-refractivity contribution in [1.29, 1.82) is 0 Å².